The van der Waals surface area contributed by atoms with E-state index in [1.54, 1.807) is 5.38 Å². The summed E-state index contributed by atoms with van der Waals surface area (Å²) >= 11 is 3.48. The molecule has 2 heterocycles. The first kappa shape index (κ1) is 8.19. The van der Waals surface area contributed by atoms with Gasteiger partial charge in [-0.05, 0) is 0 Å². The molecule has 2 rings (SSSR count). The smallest absolute Gasteiger partial charge is 0.223 e. The first-order valence-corrected chi connectivity index (χ1v) is 5.87. The maximum absolute atomic E-state index is 9.05. The lowest BCUT2D eigenvalue weighted by atomic mass is 10.5. The molecule has 1 aromatic heterocycles. The second-order valence-corrected chi connectivity index (χ2v) is 4.65. The summed E-state index contributed by atoms with van der Waals surface area (Å²) in [6, 6.07) is 0. The van der Waals surface area contributed by atoms with Crippen LogP contribution in [0.4, 0.5) is 5.13 Å². The van der Waals surface area contributed by atoms with Gasteiger partial charge in [0, 0.05) is 24.6 Å². The highest BCUT2D eigenvalue weighted by atomic mass is 32.2. The number of thioether (sulfide) groups is 1. The molecule has 1 fully saturated rings. The number of nitrogens with zero attached hydrogens (tertiary/aromatic N) is 2. The van der Waals surface area contributed by atoms with Crippen molar-refractivity contribution in [3.8, 4) is 5.88 Å². The number of rotatable bonds is 1. The molecule has 0 spiro atoms. The second kappa shape index (κ2) is 3.53. The fourth-order valence-corrected chi connectivity index (χ4v) is 2.80. The van der Waals surface area contributed by atoms with Crippen LogP contribution in [0.2, 0.25) is 0 Å². The van der Waals surface area contributed by atoms with Crippen LogP contribution in [0.25, 0.3) is 0 Å². The molecule has 1 aliphatic heterocycles. The molecular weight excluding hydrogens is 192 g/mol. The molecule has 0 bridgehead atoms. The van der Waals surface area contributed by atoms with Crippen LogP contribution in [0.5, 0.6) is 5.88 Å². The van der Waals surface area contributed by atoms with Crippen LogP contribution in [-0.4, -0.2) is 34.7 Å². The summed E-state index contributed by atoms with van der Waals surface area (Å²) < 4.78 is 0. The number of aromatic nitrogens is 1. The molecule has 0 aromatic carbocycles. The maximum Gasteiger partial charge on any atom is 0.223 e. The zero-order valence-corrected chi connectivity index (χ0v) is 8.20. The van der Waals surface area contributed by atoms with Crippen molar-refractivity contribution < 1.29 is 5.11 Å². The topological polar surface area (TPSA) is 36.4 Å². The molecule has 0 radical (unpaired) electrons. The third-order valence-electron chi connectivity index (χ3n) is 1.76. The van der Waals surface area contributed by atoms with Gasteiger partial charge in [0.05, 0.1) is 5.38 Å². The monoisotopic (exact) mass is 202 g/mol. The highest BCUT2D eigenvalue weighted by Gasteiger charge is 2.13. The Labute approximate surface area is 79.4 Å². The van der Waals surface area contributed by atoms with Crippen molar-refractivity contribution >= 4 is 28.2 Å². The van der Waals surface area contributed by atoms with E-state index < -0.39 is 0 Å². The first-order chi connectivity index (χ1) is 5.86. The normalized spacial score (nSPS) is 18.2. The molecule has 66 valence electrons. The molecule has 1 aliphatic rings. The molecule has 0 aliphatic carbocycles. The molecule has 1 N–H and O–H groups in total. The molecule has 0 saturated carbocycles. The predicted octanol–water partition coefficient (Wildman–Crippen LogP) is 1.40. The van der Waals surface area contributed by atoms with Gasteiger partial charge < -0.3 is 10.0 Å². The average Bonchev–Trinajstić information content (AvgIpc) is 2.54. The number of thiazole rings is 1. The van der Waals surface area contributed by atoms with Crippen LogP contribution < -0.4 is 4.90 Å². The van der Waals surface area contributed by atoms with E-state index in [-0.39, 0.29) is 5.88 Å². The van der Waals surface area contributed by atoms with Gasteiger partial charge in [-0.25, -0.2) is 0 Å². The Kier molecular flexibility index (Phi) is 2.41. The van der Waals surface area contributed by atoms with Crippen molar-refractivity contribution in [2.75, 3.05) is 29.5 Å². The van der Waals surface area contributed by atoms with Crippen molar-refractivity contribution in [1.29, 1.82) is 0 Å². The van der Waals surface area contributed by atoms with Crippen LogP contribution in [0.1, 0.15) is 0 Å². The summed E-state index contributed by atoms with van der Waals surface area (Å²) in [5.74, 6) is 2.48. The maximum atomic E-state index is 9.05. The Morgan fingerprint density at radius 2 is 2.17 bits per heavy atom. The first-order valence-electron chi connectivity index (χ1n) is 3.83. The summed E-state index contributed by atoms with van der Waals surface area (Å²) in [5.41, 5.74) is 0. The lowest BCUT2D eigenvalue weighted by molar-refractivity contribution is 0.457. The summed E-state index contributed by atoms with van der Waals surface area (Å²) in [5, 5.41) is 11.7. The predicted molar refractivity (Wildman–Crippen MR) is 53.3 cm³/mol. The molecule has 1 aromatic rings. The quantitative estimate of drug-likeness (QED) is 0.747. The van der Waals surface area contributed by atoms with Crippen LogP contribution in [0.3, 0.4) is 0 Å². The number of anilines is 1. The average molecular weight is 202 g/mol. The molecular formula is C7H10N2OS2. The van der Waals surface area contributed by atoms with E-state index >= 15 is 0 Å². The summed E-state index contributed by atoms with van der Waals surface area (Å²) in [6.45, 7) is 2.11. The van der Waals surface area contributed by atoms with E-state index in [2.05, 4.69) is 9.88 Å². The lowest BCUT2D eigenvalue weighted by Gasteiger charge is -2.25. The van der Waals surface area contributed by atoms with Gasteiger partial charge in [-0.2, -0.15) is 16.7 Å². The number of hydrogen-bond acceptors (Lipinski definition) is 5. The third kappa shape index (κ3) is 1.67. The highest BCUT2D eigenvalue weighted by molar-refractivity contribution is 7.99. The minimum atomic E-state index is 0.147. The van der Waals surface area contributed by atoms with Gasteiger partial charge in [-0.15, -0.1) is 11.3 Å². The van der Waals surface area contributed by atoms with Gasteiger partial charge >= 0.3 is 0 Å². The van der Waals surface area contributed by atoms with E-state index in [0.717, 1.165) is 18.2 Å². The van der Waals surface area contributed by atoms with Crippen molar-refractivity contribution in [2.45, 2.75) is 0 Å². The van der Waals surface area contributed by atoms with E-state index in [9.17, 15) is 0 Å². The Morgan fingerprint density at radius 3 is 2.75 bits per heavy atom. The molecule has 5 heteroatoms. The standard InChI is InChI=1S/C7H10N2OS2/c10-6-5-12-7(8-6)9-1-3-11-4-2-9/h5,10H,1-4H2. The second-order valence-electron chi connectivity index (χ2n) is 2.59. The van der Waals surface area contributed by atoms with Gasteiger partial charge in [0.1, 0.15) is 0 Å². The van der Waals surface area contributed by atoms with Gasteiger partial charge in [0.25, 0.3) is 0 Å². The van der Waals surface area contributed by atoms with Gasteiger partial charge in [-0.3, -0.25) is 0 Å². The lowest BCUT2D eigenvalue weighted by Crippen LogP contribution is -2.32. The zero-order valence-electron chi connectivity index (χ0n) is 6.56. The molecule has 3 nitrogen and oxygen atoms in total. The Morgan fingerprint density at radius 1 is 1.42 bits per heavy atom. The minimum Gasteiger partial charge on any atom is -0.493 e. The Bertz CT molecular complexity index is 258. The van der Waals surface area contributed by atoms with E-state index in [0.29, 0.717) is 0 Å². The van der Waals surface area contributed by atoms with Crippen LogP contribution >= 0.6 is 23.1 Å². The molecule has 0 unspecified atom stereocenters. The van der Waals surface area contributed by atoms with Gasteiger partial charge in [0.2, 0.25) is 5.88 Å². The Hall–Kier alpha value is -0.420. The van der Waals surface area contributed by atoms with Crippen molar-refractivity contribution in [2.24, 2.45) is 0 Å². The highest BCUT2D eigenvalue weighted by Crippen LogP contribution is 2.25. The molecule has 1 saturated heterocycles. The van der Waals surface area contributed by atoms with E-state index in [4.69, 9.17) is 5.11 Å². The van der Waals surface area contributed by atoms with Gasteiger partial charge in [-0.1, -0.05) is 0 Å². The molecule has 0 amide bonds. The fraction of sp³-hybridized carbons (Fsp3) is 0.571. The van der Waals surface area contributed by atoms with E-state index in [1.807, 2.05) is 11.8 Å². The van der Waals surface area contributed by atoms with Crippen molar-refractivity contribution in [3.63, 3.8) is 0 Å². The van der Waals surface area contributed by atoms with Crippen LogP contribution in [0.15, 0.2) is 5.38 Å². The molecule has 0 atom stereocenters. The summed E-state index contributed by atoms with van der Waals surface area (Å²) in [7, 11) is 0. The molecule has 12 heavy (non-hydrogen) atoms. The van der Waals surface area contributed by atoms with E-state index in [1.165, 1.54) is 22.8 Å². The van der Waals surface area contributed by atoms with Crippen LogP contribution in [0, 0.1) is 0 Å². The van der Waals surface area contributed by atoms with Crippen molar-refractivity contribution in [3.05, 3.63) is 5.38 Å². The fourth-order valence-electron chi connectivity index (χ4n) is 1.16. The summed E-state index contributed by atoms with van der Waals surface area (Å²) in [6.07, 6.45) is 0. The van der Waals surface area contributed by atoms with Crippen LogP contribution in [-0.2, 0) is 0 Å². The van der Waals surface area contributed by atoms with Crippen molar-refractivity contribution in [1.82, 2.24) is 4.98 Å². The number of aromatic hydroxyl groups is 1. The van der Waals surface area contributed by atoms with Gasteiger partial charge in [0.15, 0.2) is 5.13 Å². The zero-order chi connectivity index (χ0) is 8.39. The third-order valence-corrected chi connectivity index (χ3v) is 3.59. The largest absolute Gasteiger partial charge is 0.493 e. The minimum absolute atomic E-state index is 0.147. The summed E-state index contributed by atoms with van der Waals surface area (Å²) in [4.78, 5) is 6.25. The SMILES string of the molecule is Oc1csc(N2CCSCC2)n1. The number of hydrogen-bond donors (Lipinski definition) is 1. The Balaban J connectivity index is 2.08.